The lowest BCUT2D eigenvalue weighted by Crippen LogP contribution is -2.36. The van der Waals surface area contributed by atoms with E-state index >= 15 is 0 Å². The SMILES string of the molecule is Cc1noc(Cl)c1CC(=O)NC1(c2cccc(Cl)c2)CC1. The van der Waals surface area contributed by atoms with Crippen LogP contribution in [0.5, 0.6) is 0 Å². The summed E-state index contributed by atoms with van der Waals surface area (Å²) >= 11 is 11.9. The number of hydrogen-bond acceptors (Lipinski definition) is 3. The maximum absolute atomic E-state index is 12.3. The molecule has 6 heteroatoms. The number of carbonyl (C=O) groups excluding carboxylic acids is 1. The van der Waals surface area contributed by atoms with Gasteiger partial charge >= 0.3 is 0 Å². The Kier molecular flexibility index (Phi) is 3.68. The van der Waals surface area contributed by atoms with Gasteiger partial charge in [0, 0.05) is 10.6 Å². The van der Waals surface area contributed by atoms with Crippen molar-refractivity contribution in [1.82, 2.24) is 10.5 Å². The summed E-state index contributed by atoms with van der Waals surface area (Å²) in [6, 6.07) is 7.59. The van der Waals surface area contributed by atoms with Crippen LogP contribution in [-0.2, 0) is 16.8 Å². The van der Waals surface area contributed by atoms with Gasteiger partial charge in [0.1, 0.15) is 0 Å². The summed E-state index contributed by atoms with van der Waals surface area (Å²) in [4.78, 5) is 12.3. The number of nitrogens with one attached hydrogen (secondary N) is 1. The Morgan fingerprint density at radius 3 is 2.76 bits per heavy atom. The number of hydrogen-bond donors (Lipinski definition) is 1. The third kappa shape index (κ3) is 2.92. The zero-order valence-electron chi connectivity index (χ0n) is 11.5. The van der Waals surface area contributed by atoms with Crippen LogP contribution < -0.4 is 5.32 Å². The summed E-state index contributed by atoms with van der Waals surface area (Å²) < 4.78 is 4.86. The molecule has 1 aromatic heterocycles. The molecule has 1 aromatic carbocycles. The van der Waals surface area contributed by atoms with Crippen molar-refractivity contribution in [1.29, 1.82) is 0 Å². The monoisotopic (exact) mass is 324 g/mol. The van der Waals surface area contributed by atoms with Gasteiger partial charge < -0.3 is 9.84 Å². The fourth-order valence-electron chi connectivity index (χ4n) is 2.43. The molecule has 1 aliphatic rings. The van der Waals surface area contributed by atoms with Gasteiger partial charge in [0.25, 0.3) is 0 Å². The van der Waals surface area contributed by atoms with Crippen molar-refractivity contribution in [3.8, 4) is 0 Å². The van der Waals surface area contributed by atoms with E-state index in [0.29, 0.717) is 16.3 Å². The molecule has 1 amide bonds. The van der Waals surface area contributed by atoms with Crippen LogP contribution in [0.4, 0.5) is 0 Å². The predicted molar refractivity (Wildman–Crippen MR) is 80.5 cm³/mol. The molecular formula is C15H14Cl2N2O2. The number of carbonyl (C=O) groups is 1. The molecular weight excluding hydrogens is 311 g/mol. The van der Waals surface area contributed by atoms with Crippen molar-refractivity contribution in [3.63, 3.8) is 0 Å². The highest BCUT2D eigenvalue weighted by molar-refractivity contribution is 6.30. The molecule has 0 saturated heterocycles. The summed E-state index contributed by atoms with van der Waals surface area (Å²) in [7, 11) is 0. The summed E-state index contributed by atoms with van der Waals surface area (Å²) in [5, 5.41) is 7.67. The largest absolute Gasteiger partial charge is 0.346 e. The Hall–Kier alpha value is -1.52. The molecule has 0 spiro atoms. The van der Waals surface area contributed by atoms with E-state index in [1.807, 2.05) is 24.3 Å². The van der Waals surface area contributed by atoms with Crippen LogP contribution >= 0.6 is 23.2 Å². The van der Waals surface area contributed by atoms with Crippen molar-refractivity contribution in [2.75, 3.05) is 0 Å². The minimum Gasteiger partial charge on any atom is -0.346 e. The molecule has 0 atom stereocenters. The smallest absolute Gasteiger partial charge is 0.229 e. The molecule has 1 saturated carbocycles. The molecule has 0 radical (unpaired) electrons. The molecule has 21 heavy (non-hydrogen) atoms. The third-order valence-electron chi connectivity index (χ3n) is 3.78. The number of rotatable bonds is 4. The number of halogens is 2. The van der Waals surface area contributed by atoms with Crippen LogP contribution in [-0.4, -0.2) is 11.1 Å². The van der Waals surface area contributed by atoms with Gasteiger partial charge in [-0.25, -0.2) is 0 Å². The van der Waals surface area contributed by atoms with Gasteiger partial charge in [-0.2, -0.15) is 0 Å². The van der Waals surface area contributed by atoms with Crippen LogP contribution in [0.25, 0.3) is 0 Å². The molecule has 1 heterocycles. The van der Waals surface area contributed by atoms with Crippen LogP contribution in [0.15, 0.2) is 28.8 Å². The maximum Gasteiger partial charge on any atom is 0.229 e. The normalized spacial score (nSPS) is 15.8. The van der Waals surface area contributed by atoms with Crippen LogP contribution in [0, 0.1) is 6.92 Å². The number of aryl methyl sites for hydroxylation is 1. The minimum absolute atomic E-state index is 0.0966. The van der Waals surface area contributed by atoms with Crippen LogP contribution in [0.3, 0.4) is 0 Å². The first-order valence-corrected chi connectivity index (χ1v) is 7.43. The molecule has 1 aliphatic carbocycles. The van der Waals surface area contributed by atoms with Crippen LogP contribution in [0.1, 0.15) is 29.7 Å². The van der Waals surface area contributed by atoms with Gasteiger partial charge in [-0.3, -0.25) is 4.79 Å². The summed E-state index contributed by atoms with van der Waals surface area (Å²) in [6.07, 6.45) is 1.99. The van der Waals surface area contributed by atoms with E-state index in [0.717, 1.165) is 18.4 Å². The molecule has 0 bridgehead atoms. The second-order valence-corrected chi connectivity index (χ2v) is 6.12. The summed E-state index contributed by atoms with van der Waals surface area (Å²) in [5.74, 6) is -0.0966. The van der Waals surface area contributed by atoms with Crippen molar-refractivity contribution in [2.45, 2.75) is 31.7 Å². The summed E-state index contributed by atoms with van der Waals surface area (Å²) in [6.45, 7) is 1.77. The van der Waals surface area contributed by atoms with Crippen molar-refractivity contribution in [2.24, 2.45) is 0 Å². The fraction of sp³-hybridized carbons (Fsp3) is 0.333. The predicted octanol–water partition coefficient (Wildman–Crippen LogP) is 3.64. The molecule has 2 aromatic rings. The zero-order valence-corrected chi connectivity index (χ0v) is 13.0. The van der Waals surface area contributed by atoms with Gasteiger partial charge in [-0.05, 0) is 49.1 Å². The first-order chi connectivity index (χ1) is 10.00. The maximum atomic E-state index is 12.3. The van der Waals surface area contributed by atoms with Gasteiger partial charge in [-0.15, -0.1) is 0 Å². The van der Waals surface area contributed by atoms with Gasteiger partial charge in [0.15, 0.2) is 0 Å². The average molecular weight is 325 g/mol. The Morgan fingerprint density at radius 2 is 2.19 bits per heavy atom. The Balaban J connectivity index is 1.73. The highest BCUT2D eigenvalue weighted by Gasteiger charge is 2.45. The highest BCUT2D eigenvalue weighted by atomic mass is 35.5. The third-order valence-corrected chi connectivity index (χ3v) is 4.31. The number of nitrogens with zero attached hydrogens (tertiary/aromatic N) is 1. The highest BCUT2D eigenvalue weighted by Crippen LogP contribution is 2.46. The minimum atomic E-state index is -0.292. The number of benzene rings is 1. The van der Waals surface area contributed by atoms with Gasteiger partial charge in [0.2, 0.25) is 11.1 Å². The Bertz CT molecular complexity index is 673. The zero-order chi connectivity index (χ0) is 15.0. The molecule has 1 N–H and O–H groups in total. The van der Waals surface area contributed by atoms with E-state index in [1.165, 1.54) is 0 Å². The summed E-state index contributed by atoms with van der Waals surface area (Å²) in [5.41, 5.74) is 2.02. The molecule has 4 nitrogen and oxygen atoms in total. The fourth-order valence-corrected chi connectivity index (χ4v) is 2.86. The molecule has 110 valence electrons. The standard InChI is InChI=1S/C15H14Cl2N2O2/c1-9-12(14(17)21-19-9)8-13(20)18-15(5-6-15)10-3-2-4-11(16)7-10/h2-4,7H,5-6,8H2,1H3,(H,18,20). The first kappa shape index (κ1) is 14.4. The first-order valence-electron chi connectivity index (χ1n) is 6.68. The quantitative estimate of drug-likeness (QED) is 0.934. The Labute approximate surface area is 132 Å². The molecule has 0 aliphatic heterocycles. The lowest BCUT2D eigenvalue weighted by atomic mass is 10.0. The van der Waals surface area contributed by atoms with Crippen molar-refractivity contribution in [3.05, 3.63) is 51.3 Å². The second-order valence-electron chi connectivity index (χ2n) is 5.34. The van der Waals surface area contributed by atoms with Gasteiger partial charge in [-0.1, -0.05) is 28.9 Å². The van der Waals surface area contributed by atoms with Crippen molar-refractivity contribution >= 4 is 29.1 Å². The average Bonchev–Trinajstić information content (AvgIpc) is 3.16. The second kappa shape index (κ2) is 5.35. The van der Waals surface area contributed by atoms with E-state index in [-0.39, 0.29) is 23.1 Å². The topological polar surface area (TPSA) is 55.1 Å². The van der Waals surface area contributed by atoms with Gasteiger partial charge in [0.05, 0.1) is 17.7 Å². The lowest BCUT2D eigenvalue weighted by Gasteiger charge is -2.18. The Morgan fingerprint density at radius 1 is 1.43 bits per heavy atom. The van der Waals surface area contributed by atoms with E-state index in [4.69, 9.17) is 27.7 Å². The van der Waals surface area contributed by atoms with Crippen LogP contribution in [0.2, 0.25) is 10.2 Å². The number of amides is 1. The van der Waals surface area contributed by atoms with E-state index in [1.54, 1.807) is 6.92 Å². The number of aromatic nitrogens is 1. The van der Waals surface area contributed by atoms with Crippen molar-refractivity contribution < 1.29 is 9.32 Å². The van der Waals surface area contributed by atoms with E-state index < -0.39 is 0 Å². The lowest BCUT2D eigenvalue weighted by molar-refractivity contribution is -0.121. The molecule has 1 fully saturated rings. The van der Waals surface area contributed by atoms with E-state index in [9.17, 15) is 4.79 Å². The molecule has 0 unspecified atom stereocenters. The van der Waals surface area contributed by atoms with E-state index in [2.05, 4.69) is 10.5 Å². The molecule has 3 rings (SSSR count).